The van der Waals surface area contributed by atoms with Crippen LogP contribution in [-0.2, 0) is 14.7 Å². The molecule has 0 heterocycles. The Labute approximate surface area is 160 Å². The molecule has 0 bridgehead atoms. The summed E-state index contributed by atoms with van der Waals surface area (Å²) in [6.07, 6.45) is -0.119. The fourth-order valence-electron chi connectivity index (χ4n) is 3.42. The number of thiol groups is 1. The van der Waals surface area contributed by atoms with Crippen LogP contribution in [0.15, 0.2) is 0 Å². The van der Waals surface area contributed by atoms with Gasteiger partial charge in [0.25, 0.3) is 0 Å². The zero-order chi connectivity index (χ0) is 19.8. The van der Waals surface area contributed by atoms with Gasteiger partial charge in [0, 0.05) is 23.0 Å². The lowest BCUT2D eigenvalue weighted by atomic mass is 10.1. The van der Waals surface area contributed by atoms with E-state index in [1.807, 2.05) is 0 Å². The third-order valence-corrected chi connectivity index (χ3v) is 8.92. The van der Waals surface area contributed by atoms with Gasteiger partial charge in [-0.2, -0.15) is 13.2 Å². The molecule has 0 aromatic heterocycles. The second-order valence-electron chi connectivity index (χ2n) is 7.50. The SMILES string of the molecule is CCCCCCCOC1CC([SH](C)(=O)CCC(F)(F)F)[C@H](Cl)CCC1F. The minimum atomic E-state index is -4.35. The van der Waals surface area contributed by atoms with Crippen molar-refractivity contribution in [2.45, 2.75) is 93.8 Å². The first-order valence-corrected chi connectivity index (χ1v) is 12.4. The molecule has 4 atom stereocenters. The van der Waals surface area contributed by atoms with Crippen molar-refractivity contribution in [1.29, 1.82) is 0 Å². The third kappa shape index (κ3) is 8.87. The van der Waals surface area contributed by atoms with Gasteiger partial charge >= 0.3 is 6.18 Å². The first kappa shape index (κ1) is 24.2. The molecule has 2 nitrogen and oxygen atoms in total. The molecule has 8 heteroatoms. The van der Waals surface area contributed by atoms with Crippen LogP contribution in [0.25, 0.3) is 0 Å². The fraction of sp³-hybridized carbons (Fsp3) is 1.00. The van der Waals surface area contributed by atoms with Crippen LogP contribution < -0.4 is 0 Å². The van der Waals surface area contributed by atoms with E-state index in [0.717, 1.165) is 32.1 Å². The number of rotatable bonds is 10. The minimum Gasteiger partial charge on any atom is -0.375 e. The van der Waals surface area contributed by atoms with Gasteiger partial charge < -0.3 is 4.74 Å². The van der Waals surface area contributed by atoms with Gasteiger partial charge in [-0.3, -0.25) is 4.21 Å². The zero-order valence-electron chi connectivity index (χ0n) is 15.7. The molecule has 0 saturated heterocycles. The van der Waals surface area contributed by atoms with Gasteiger partial charge in [0.2, 0.25) is 0 Å². The van der Waals surface area contributed by atoms with Crippen molar-refractivity contribution in [2.75, 3.05) is 18.6 Å². The van der Waals surface area contributed by atoms with Crippen molar-refractivity contribution >= 4 is 21.5 Å². The Hall–Kier alpha value is 0.120. The molecule has 1 rings (SSSR count). The van der Waals surface area contributed by atoms with Crippen molar-refractivity contribution in [3.8, 4) is 0 Å². The summed E-state index contributed by atoms with van der Waals surface area (Å²) in [4.78, 5) is 0. The summed E-state index contributed by atoms with van der Waals surface area (Å²) >= 11 is 6.30. The lowest BCUT2D eigenvalue weighted by Crippen LogP contribution is -2.41. The van der Waals surface area contributed by atoms with Crippen LogP contribution in [0.2, 0.25) is 0 Å². The molecule has 0 spiro atoms. The number of halogens is 5. The summed E-state index contributed by atoms with van der Waals surface area (Å²) < 4.78 is 70.6. The molecule has 158 valence electrons. The van der Waals surface area contributed by atoms with Crippen LogP contribution >= 0.6 is 11.6 Å². The van der Waals surface area contributed by atoms with E-state index in [9.17, 15) is 21.8 Å². The topological polar surface area (TPSA) is 26.3 Å². The quantitative estimate of drug-likeness (QED) is 0.166. The van der Waals surface area contributed by atoms with Gasteiger partial charge in [-0.25, -0.2) is 4.39 Å². The van der Waals surface area contributed by atoms with E-state index in [1.165, 1.54) is 6.26 Å². The van der Waals surface area contributed by atoms with Crippen molar-refractivity contribution < 1.29 is 26.5 Å². The molecular formula is C18H33ClF4O2S. The first-order chi connectivity index (χ1) is 12.1. The summed E-state index contributed by atoms with van der Waals surface area (Å²) in [7, 11) is -3.16. The van der Waals surface area contributed by atoms with Gasteiger partial charge in [-0.15, -0.1) is 21.5 Å². The van der Waals surface area contributed by atoms with Gasteiger partial charge in [0.05, 0.1) is 12.5 Å². The van der Waals surface area contributed by atoms with Crippen LogP contribution in [0.3, 0.4) is 0 Å². The van der Waals surface area contributed by atoms with Gasteiger partial charge in [-0.05, 0) is 31.9 Å². The van der Waals surface area contributed by atoms with Crippen LogP contribution in [0, 0.1) is 0 Å². The van der Waals surface area contributed by atoms with Crippen LogP contribution in [-0.4, -0.2) is 51.9 Å². The molecule has 1 saturated carbocycles. The summed E-state index contributed by atoms with van der Waals surface area (Å²) in [5.41, 5.74) is 0. The summed E-state index contributed by atoms with van der Waals surface area (Å²) in [6.45, 7) is 2.55. The van der Waals surface area contributed by atoms with E-state index in [2.05, 4.69) is 6.92 Å². The maximum Gasteiger partial charge on any atom is 0.389 e. The number of alkyl halides is 5. The van der Waals surface area contributed by atoms with Crippen LogP contribution in [0.1, 0.15) is 64.7 Å². The third-order valence-electron chi connectivity index (χ3n) is 5.13. The molecule has 1 aliphatic carbocycles. The number of hydrogen-bond donors (Lipinski definition) is 1. The van der Waals surface area contributed by atoms with E-state index in [-0.39, 0.29) is 12.8 Å². The number of ether oxygens (including phenoxy) is 1. The summed E-state index contributed by atoms with van der Waals surface area (Å²) in [5.74, 6) is -0.439. The van der Waals surface area contributed by atoms with Crippen LogP contribution in [0.4, 0.5) is 17.6 Å². The predicted octanol–water partition coefficient (Wildman–Crippen LogP) is 5.44. The van der Waals surface area contributed by atoms with E-state index < -0.39 is 51.2 Å². The number of unbranched alkanes of at least 4 members (excludes halogenated alkanes) is 4. The van der Waals surface area contributed by atoms with E-state index in [1.54, 1.807) is 0 Å². The highest BCUT2D eigenvalue weighted by Gasteiger charge is 2.40. The van der Waals surface area contributed by atoms with Gasteiger partial charge in [0.15, 0.2) is 0 Å². The van der Waals surface area contributed by atoms with Crippen molar-refractivity contribution in [1.82, 2.24) is 0 Å². The zero-order valence-corrected chi connectivity index (χ0v) is 17.4. The maximum atomic E-state index is 14.4. The first-order valence-electron chi connectivity index (χ1n) is 9.59. The van der Waals surface area contributed by atoms with E-state index >= 15 is 0 Å². The standard InChI is InChI=1S/C18H33ClF4O2S/c1-3-4-5-6-7-11-25-16-13-17(14(19)8-9-15(16)20)26(2,24)12-10-18(21,22)23/h14-17,26H,3-13H2,1-2H3/t14-,15?,16?,17?/m1/s1. The molecule has 0 N–H and O–H groups in total. The normalized spacial score (nSPS) is 28.7. The molecule has 26 heavy (non-hydrogen) atoms. The Morgan fingerprint density at radius 1 is 1.15 bits per heavy atom. The Morgan fingerprint density at radius 2 is 1.81 bits per heavy atom. The van der Waals surface area contributed by atoms with E-state index in [4.69, 9.17) is 16.3 Å². The van der Waals surface area contributed by atoms with Crippen molar-refractivity contribution in [3.63, 3.8) is 0 Å². The highest BCUT2D eigenvalue weighted by atomic mass is 35.5. The molecule has 0 aliphatic heterocycles. The molecule has 0 amide bonds. The molecule has 0 aromatic rings. The van der Waals surface area contributed by atoms with E-state index in [0.29, 0.717) is 13.0 Å². The maximum absolute atomic E-state index is 14.4. The summed E-state index contributed by atoms with van der Waals surface area (Å²) in [6, 6.07) is 0. The molecule has 1 fully saturated rings. The second kappa shape index (κ2) is 11.2. The Morgan fingerprint density at radius 3 is 2.42 bits per heavy atom. The molecule has 3 unspecified atom stereocenters. The molecule has 0 radical (unpaired) electrons. The predicted molar refractivity (Wildman–Crippen MR) is 102 cm³/mol. The average Bonchev–Trinajstić information content (AvgIpc) is 2.69. The highest BCUT2D eigenvalue weighted by molar-refractivity contribution is 8.03. The summed E-state index contributed by atoms with van der Waals surface area (Å²) in [5, 5.41) is -1.20. The Kier molecular flexibility index (Phi) is 10.4. The van der Waals surface area contributed by atoms with Gasteiger partial charge in [0.1, 0.15) is 6.17 Å². The number of hydrogen-bond acceptors (Lipinski definition) is 2. The highest BCUT2D eigenvalue weighted by Crippen LogP contribution is 2.35. The smallest absolute Gasteiger partial charge is 0.375 e. The lowest BCUT2D eigenvalue weighted by Gasteiger charge is -2.33. The largest absolute Gasteiger partial charge is 0.389 e. The Balaban J connectivity index is 2.63. The fourth-order valence-corrected chi connectivity index (χ4v) is 6.88. The average molecular weight is 425 g/mol. The van der Waals surface area contributed by atoms with Crippen molar-refractivity contribution in [3.05, 3.63) is 0 Å². The van der Waals surface area contributed by atoms with Crippen LogP contribution in [0.5, 0.6) is 0 Å². The monoisotopic (exact) mass is 424 g/mol. The molecule has 0 aromatic carbocycles. The van der Waals surface area contributed by atoms with Gasteiger partial charge in [-0.1, -0.05) is 32.6 Å². The molecular weight excluding hydrogens is 392 g/mol. The minimum absolute atomic E-state index is 0.135. The van der Waals surface area contributed by atoms with Crippen molar-refractivity contribution in [2.24, 2.45) is 0 Å². The Bertz CT molecular complexity index is 447. The lowest BCUT2D eigenvalue weighted by molar-refractivity contribution is -0.129. The second-order valence-corrected chi connectivity index (χ2v) is 11.5. The molecule has 1 aliphatic rings.